The van der Waals surface area contributed by atoms with Crippen LogP contribution in [-0.4, -0.2) is 38.3 Å². The molecule has 0 spiro atoms. The van der Waals surface area contributed by atoms with E-state index in [1.807, 2.05) is 39.0 Å². The first kappa shape index (κ1) is 28.0. The highest BCUT2D eigenvalue weighted by molar-refractivity contribution is 5.94. The topological polar surface area (TPSA) is 97.9 Å². The summed E-state index contributed by atoms with van der Waals surface area (Å²) in [5, 5.41) is 8.42. The van der Waals surface area contributed by atoms with Gasteiger partial charge in [0.2, 0.25) is 5.75 Å². The van der Waals surface area contributed by atoms with Crippen LogP contribution in [0.1, 0.15) is 36.7 Å². The minimum Gasteiger partial charge on any atom is -0.490 e. The van der Waals surface area contributed by atoms with Gasteiger partial charge in [0.1, 0.15) is 0 Å². The van der Waals surface area contributed by atoms with Crippen LogP contribution in [0, 0.1) is 0 Å². The zero-order valence-corrected chi connectivity index (χ0v) is 21.1. The number of carbonyl (C=O) groups excluding carboxylic acids is 2. The van der Waals surface area contributed by atoms with Crippen LogP contribution in [0.25, 0.3) is 0 Å². The van der Waals surface area contributed by atoms with Gasteiger partial charge in [0.15, 0.2) is 11.5 Å². The summed E-state index contributed by atoms with van der Waals surface area (Å²) in [5.41, 5.74) is 1.87. The van der Waals surface area contributed by atoms with Crippen molar-refractivity contribution in [2.24, 2.45) is 0 Å². The van der Waals surface area contributed by atoms with Crippen molar-refractivity contribution in [1.29, 1.82) is 0 Å². The number of ether oxygens (including phenoxy) is 3. The minimum absolute atomic E-state index is 0.200. The SMILES string of the molecule is C=C/C=C\C(=C/CNC(=O)c1ccccc1)NC(=O)NCc1cc(OCC)c(OCC)c(OCC)c1. The number of hydrogen-bond acceptors (Lipinski definition) is 5. The van der Waals surface area contributed by atoms with E-state index >= 15 is 0 Å². The molecule has 0 atom stereocenters. The molecule has 2 rings (SSSR count). The van der Waals surface area contributed by atoms with Crippen molar-refractivity contribution in [2.45, 2.75) is 27.3 Å². The van der Waals surface area contributed by atoms with E-state index in [1.165, 1.54) is 0 Å². The van der Waals surface area contributed by atoms with Crippen molar-refractivity contribution in [2.75, 3.05) is 26.4 Å². The van der Waals surface area contributed by atoms with E-state index in [0.29, 0.717) is 48.3 Å². The number of benzene rings is 2. The number of rotatable bonds is 14. The quantitative estimate of drug-likeness (QED) is 0.330. The van der Waals surface area contributed by atoms with Crippen LogP contribution in [0.4, 0.5) is 4.79 Å². The molecule has 0 unspecified atom stereocenters. The fourth-order valence-electron chi connectivity index (χ4n) is 3.18. The minimum atomic E-state index is -0.408. The summed E-state index contributed by atoms with van der Waals surface area (Å²) in [4.78, 5) is 24.8. The highest BCUT2D eigenvalue weighted by atomic mass is 16.5. The standard InChI is InChI=1S/C28H35N3O5/c1-5-9-15-23(16-17-29-27(32)22-13-11-10-12-14-22)31-28(33)30-20-21-18-24(34-6-2)26(36-8-4)25(19-21)35-7-3/h5,9-16,18-19H,1,6-8,17,20H2,2-4H3,(H,29,32)(H2,30,31,33)/b15-9-,23-16+. The Bertz CT molecular complexity index is 1040. The number of amides is 3. The lowest BCUT2D eigenvalue weighted by molar-refractivity contribution is 0.0958. The van der Waals surface area contributed by atoms with E-state index in [-0.39, 0.29) is 19.0 Å². The molecule has 0 aliphatic carbocycles. The molecular weight excluding hydrogens is 458 g/mol. The van der Waals surface area contributed by atoms with Crippen molar-refractivity contribution in [3.05, 3.63) is 90.2 Å². The Labute approximate surface area is 213 Å². The molecule has 0 saturated carbocycles. The lowest BCUT2D eigenvalue weighted by atomic mass is 10.1. The van der Waals surface area contributed by atoms with E-state index in [2.05, 4.69) is 22.5 Å². The average Bonchev–Trinajstić information content (AvgIpc) is 2.88. The molecule has 3 N–H and O–H groups in total. The van der Waals surface area contributed by atoms with Crippen molar-refractivity contribution in [1.82, 2.24) is 16.0 Å². The zero-order valence-electron chi connectivity index (χ0n) is 21.1. The Balaban J connectivity index is 2.05. The smallest absolute Gasteiger partial charge is 0.319 e. The number of allylic oxidation sites excluding steroid dienone is 3. The van der Waals surface area contributed by atoms with Crippen molar-refractivity contribution < 1.29 is 23.8 Å². The van der Waals surface area contributed by atoms with E-state index in [9.17, 15) is 9.59 Å². The summed E-state index contributed by atoms with van der Waals surface area (Å²) in [6, 6.07) is 12.2. The van der Waals surface area contributed by atoms with Gasteiger partial charge in [-0.3, -0.25) is 4.79 Å². The first-order chi connectivity index (χ1) is 17.5. The van der Waals surface area contributed by atoms with E-state index < -0.39 is 6.03 Å². The Kier molecular flexibility index (Phi) is 12.2. The molecule has 3 amide bonds. The van der Waals surface area contributed by atoms with Crippen LogP contribution < -0.4 is 30.2 Å². The number of urea groups is 1. The van der Waals surface area contributed by atoms with E-state index in [0.717, 1.165) is 5.56 Å². The monoisotopic (exact) mass is 493 g/mol. The Morgan fingerprint density at radius 2 is 1.56 bits per heavy atom. The van der Waals surface area contributed by atoms with Crippen molar-refractivity contribution in [3.8, 4) is 17.2 Å². The average molecular weight is 494 g/mol. The summed E-state index contributed by atoms with van der Waals surface area (Å²) in [5.74, 6) is 1.47. The molecule has 8 heteroatoms. The van der Waals surface area contributed by atoms with Crippen LogP contribution in [0.2, 0.25) is 0 Å². The fraction of sp³-hybridized carbons (Fsp3) is 0.286. The molecule has 0 aliphatic heterocycles. The second-order valence-electron chi connectivity index (χ2n) is 7.36. The van der Waals surface area contributed by atoms with Gasteiger partial charge in [0.05, 0.1) is 19.8 Å². The second-order valence-corrected chi connectivity index (χ2v) is 7.36. The molecule has 8 nitrogen and oxygen atoms in total. The number of carbonyl (C=O) groups is 2. The van der Waals surface area contributed by atoms with Crippen LogP contribution in [0.3, 0.4) is 0 Å². The number of nitrogens with one attached hydrogen (secondary N) is 3. The third kappa shape index (κ3) is 9.21. The normalized spacial score (nSPS) is 11.0. The predicted molar refractivity (Wildman–Crippen MR) is 142 cm³/mol. The highest BCUT2D eigenvalue weighted by Crippen LogP contribution is 2.39. The molecular formula is C28H35N3O5. The van der Waals surface area contributed by atoms with Gasteiger partial charge in [-0.2, -0.15) is 0 Å². The highest BCUT2D eigenvalue weighted by Gasteiger charge is 2.15. The van der Waals surface area contributed by atoms with Gasteiger partial charge in [-0.25, -0.2) is 4.79 Å². The fourth-order valence-corrected chi connectivity index (χ4v) is 3.18. The summed E-state index contributed by atoms with van der Waals surface area (Å²) < 4.78 is 17.2. The molecule has 0 aliphatic rings. The van der Waals surface area contributed by atoms with Crippen LogP contribution in [0.5, 0.6) is 17.2 Å². The lowest BCUT2D eigenvalue weighted by Gasteiger charge is -2.17. The summed E-state index contributed by atoms with van der Waals surface area (Å²) in [6.45, 7) is 11.2. The molecule has 0 saturated heterocycles. The molecule has 0 aromatic heterocycles. The summed E-state index contributed by atoms with van der Waals surface area (Å²) >= 11 is 0. The zero-order chi connectivity index (χ0) is 26.2. The summed E-state index contributed by atoms with van der Waals surface area (Å²) in [7, 11) is 0. The van der Waals surface area contributed by atoms with Crippen LogP contribution in [0.15, 0.2) is 79.0 Å². The largest absolute Gasteiger partial charge is 0.490 e. The molecule has 0 fully saturated rings. The molecule has 192 valence electrons. The molecule has 2 aromatic rings. The lowest BCUT2D eigenvalue weighted by Crippen LogP contribution is -2.34. The molecule has 36 heavy (non-hydrogen) atoms. The Morgan fingerprint density at radius 1 is 0.917 bits per heavy atom. The van der Waals surface area contributed by atoms with Gasteiger partial charge in [-0.1, -0.05) is 36.9 Å². The van der Waals surface area contributed by atoms with Gasteiger partial charge in [-0.15, -0.1) is 0 Å². The van der Waals surface area contributed by atoms with Crippen LogP contribution >= 0.6 is 0 Å². The van der Waals surface area contributed by atoms with Gasteiger partial charge in [-0.05, 0) is 62.8 Å². The number of hydrogen-bond donors (Lipinski definition) is 3. The van der Waals surface area contributed by atoms with E-state index in [1.54, 1.807) is 48.6 Å². The van der Waals surface area contributed by atoms with Gasteiger partial charge >= 0.3 is 6.03 Å². The predicted octanol–water partition coefficient (Wildman–Crippen LogP) is 4.74. The third-order valence-electron chi connectivity index (χ3n) is 4.71. The van der Waals surface area contributed by atoms with Crippen LogP contribution in [-0.2, 0) is 6.54 Å². The van der Waals surface area contributed by atoms with E-state index in [4.69, 9.17) is 14.2 Å². The maximum Gasteiger partial charge on any atom is 0.319 e. The molecule has 0 radical (unpaired) electrons. The summed E-state index contributed by atoms with van der Waals surface area (Å²) in [6.07, 6.45) is 6.69. The maximum absolute atomic E-state index is 12.6. The van der Waals surface area contributed by atoms with Gasteiger partial charge < -0.3 is 30.2 Å². The van der Waals surface area contributed by atoms with Gasteiger partial charge in [0, 0.05) is 24.4 Å². The first-order valence-corrected chi connectivity index (χ1v) is 11.9. The first-order valence-electron chi connectivity index (χ1n) is 11.9. The molecule has 0 heterocycles. The second kappa shape index (κ2) is 15.7. The molecule has 0 bridgehead atoms. The Hall–Kier alpha value is -4.20. The van der Waals surface area contributed by atoms with Crippen molar-refractivity contribution >= 4 is 11.9 Å². The maximum atomic E-state index is 12.6. The van der Waals surface area contributed by atoms with Crippen molar-refractivity contribution in [3.63, 3.8) is 0 Å². The van der Waals surface area contributed by atoms with Gasteiger partial charge in [0.25, 0.3) is 5.91 Å². The molecule has 2 aromatic carbocycles. The Morgan fingerprint density at radius 3 is 2.14 bits per heavy atom. The third-order valence-corrected chi connectivity index (χ3v) is 4.71.